The van der Waals surface area contributed by atoms with Crippen molar-refractivity contribution in [3.63, 3.8) is 0 Å². The molecule has 1 N–H and O–H groups in total. The van der Waals surface area contributed by atoms with E-state index in [1.54, 1.807) is 0 Å². The van der Waals surface area contributed by atoms with E-state index in [0.717, 1.165) is 0 Å². The van der Waals surface area contributed by atoms with Gasteiger partial charge in [-0.05, 0) is 0 Å². The van der Waals surface area contributed by atoms with Gasteiger partial charge in [-0.1, -0.05) is 0 Å². The first-order chi connectivity index (χ1) is 1.73. The first-order valence-electron chi connectivity index (χ1n) is 0.565. The second-order valence-corrected chi connectivity index (χ2v) is 0.238. The van der Waals surface area contributed by atoms with E-state index in [1.807, 2.05) is 0 Å². The summed E-state index contributed by atoms with van der Waals surface area (Å²) >= 11 is 0. The van der Waals surface area contributed by atoms with Gasteiger partial charge in [0.1, 0.15) is 0 Å². The first-order valence-corrected chi connectivity index (χ1v) is 0.565. The van der Waals surface area contributed by atoms with E-state index < -0.39 is 5.09 Å². The van der Waals surface area contributed by atoms with Crippen LogP contribution in [0.5, 0.6) is 0 Å². The SMILES string of the molecule is O=[N+]([O-])O.[Bi]. The number of nitrogens with zero attached hydrogens (tertiary/aromatic N) is 1. The summed E-state index contributed by atoms with van der Waals surface area (Å²) in [5, 5.41) is 13.6. The zero-order chi connectivity index (χ0) is 3.58. The van der Waals surface area contributed by atoms with Crippen LogP contribution in [-0.4, -0.2) is 36.5 Å². The van der Waals surface area contributed by atoms with Crippen molar-refractivity contribution in [1.82, 2.24) is 0 Å². The van der Waals surface area contributed by atoms with Gasteiger partial charge in [-0.2, -0.15) is 0 Å². The fraction of sp³-hybridized carbons (Fsp3) is 0. The molecule has 0 aliphatic rings. The maximum atomic E-state index is 8.36. The summed E-state index contributed by atoms with van der Waals surface area (Å²) in [5.41, 5.74) is 0. The number of hydrogen-bond acceptors (Lipinski definition) is 2. The van der Waals surface area contributed by atoms with Gasteiger partial charge in [0.25, 0.3) is 5.09 Å². The molecule has 0 aliphatic heterocycles. The van der Waals surface area contributed by atoms with Crippen molar-refractivity contribution < 1.29 is 10.3 Å². The van der Waals surface area contributed by atoms with Gasteiger partial charge in [0.15, 0.2) is 0 Å². The second kappa shape index (κ2) is 4.08. The quantitative estimate of drug-likeness (QED) is 0.359. The van der Waals surface area contributed by atoms with Crippen molar-refractivity contribution in [3.8, 4) is 0 Å². The van der Waals surface area contributed by atoms with Crippen LogP contribution < -0.4 is 0 Å². The molecule has 0 amide bonds. The molecule has 3 radical (unpaired) electrons. The van der Waals surface area contributed by atoms with E-state index in [0.29, 0.717) is 0 Å². The Labute approximate surface area is 47.0 Å². The van der Waals surface area contributed by atoms with Gasteiger partial charge >= 0.3 is 0 Å². The zero-order valence-corrected chi connectivity index (χ0v) is 5.64. The van der Waals surface area contributed by atoms with Gasteiger partial charge in [-0.25, -0.2) is 0 Å². The van der Waals surface area contributed by atoms with Crippen molar-refractivity contribution in [1.29, 1.82) is 0 Å². The molecule has 5 heteroatoms. The molecule has 0 fully saturated rings. The third kappa shape index (κ3) is 2560. The molecular formula is HBiNO3. The van der Waals surface area contributed by atoms with Crippen molar-refractivity contribution in [3.05, 3.63) is 10.1 Å². The van der Waals surface area contributed by atoms with Crippen LogP contribution in [0.3, 0.4) is 0 Å². The van der Waals surface area contributed by atoms with Crippen LogP contribution in [0.1, 0.15) is 0 Å². The van der Waals surface area contributed by atoms with E-state index >= 15 is 0 Å². The van der Waals surface area contributed by atoms with Gasteiger partial charge in [0.05, 0.1) is 0 Å². The smallest absolute Gasteiger partial charge is 0.291 e. The Morgan fingerprint density at radius 2 is 1.80 bits per heavy atom. The van der Waals surface area contributed by atoms with Gasteiger partial charge in [0.2, 0.25) is 0 Å². The maximum Gasteiger partial charge on any atom is 0.291 e. The molecule has 4 nitrogen and oxygen atoms in total. The number of hydrogen-bond donors (Lipinski definition) is 1. The fourth-order valence-electron chi connectivity index (χ4n) is 0. The molecule has 0 spiro atoms. The molecule has 0 atom stereocenters. The Kier molecular flexibility index (Phi) is 7.28. The monoisotopic (exact) mass is 272 g/mol. The predicted molar refractivity (Wildman–Crippen MR) is 14.5 cm³/mol. The molecule has 0 aliphatic carbocycles. The van der Waals surface area contributed by atoms with E-state index in [2.05, 4.69) is 0 Å². The summed E-state index contributed by atoms with van der Waals surface area (Å²) in [7, 11) is 0. The Morgan fingerprint density at radius 3 is 1.80 bits per heavy atom. The van der Waals surface area contributed by atoms with E-state index in [-0.39, 0.29) is 26.2 Å². The van der Waals surface area contributed by atoms with Crippen LogP contribution in [0.15, 0.2) is 0 Å². The third-order valence-corrected chi connectivity index (χ3v) is 0. The Balaban J connectivity index is 0. The largest absolute Gasteiger partial charge is 0.328 e. The molecule has 0 aromatic carbocycles. The predicted octanol–water partition coefficient (Wildman–Crippen LogP) is -0.729. The Hall–Kier alpha value is 0.0831. The maximum absolute atomic E-state index is 8.36. The molecule has 0 unspecified atom stereocenters. The summed E-state index contributed by atoms with van der Waals surface area (Å²) in [6.45, 7) is 0. The zero-order valence-electron chi connectivity index (χ0n) is 2.16. The minimum absolute atomic E-state index is 0. The topological polar surface area (TPSA) is 63.4 Å². The second-order valence-electron chi connectivity index (χ2n) is 0.238. The molecular weight excluding hydrogens is 271 g/mol. The summed E-state index contributed by atoms with van der Waals surface area (Å²) in [6.07, 6.45) is 0. The van der Waals surface area contributed by atoms with Gasteiger partial charge in [-0.15, -0.1) is 10.1 Å². The van der Waals surface area contributed by atoms with Gasteiger partial charge < -0.3 is 5.21 Å². The molecule has 0 saturated heterocycles. The number of rotatable bonds is 0. The summed E-state index contributed by atoms with van der Waals surface area (Å²) in [6, 6.07) is 0. The normalized spacial score (nSPS) is 4.80. The third-order valence-electron chi connectivity index (χ3n) is 0. The molecule has 29 valence electrons. The van der Waals surface area contributed by atoms with Crippen LogP contribution in [0, 0.1) is 10.1 Å². The van der Waals surface area contributed by atoms with Crippen molar-refractivity contribution in [2.45, 2.75) is 0 Å². The average Bonchev–Trinajstić information content (AvgIpc) is 0.811. The molecule has 0 rings (SSSR count). The first kappa shape index (κ1) is 8.92. The molecule has 0 aromatic rings. The Morgan fingerprint density at radius 1 is 1.80 bits per heavy atom. The standard InChI is InChI=1S/Bi.HNO3/c;2-1(3)4/h;(H,2,3,4). The van der Waals surface area contributed by atoms with E-state index in [4.69, 9.17) is 15.3 Å². The fourth-order valence-corrected chi connectivity index (χ4v) is 0. The van der Waals surface area contributed by atoms with Crippen molar-refractivity contribution >= 4 is 26.2 Å². The summed E-state index contributed by atoms with van der Waals surface area (Å²) in [4.78, 5) is 8.36. The molecule has 0 bridgehead atoms. The Bertz CT molecular complexity index is 29.9. The summed E-state index contributed by atoms with van der Waals surface area (Å²) in [5.74, 6) is 0. The van der Waals surface area contributed by atoms with E-state index in [1.165, 1.54) is 0 Å². The molecule has 0 heterocycles. The molecule has 0 aromatic heterocycles. The summed E-state index contributed by atoms with van der Waals surface area (Å²) < 4.78 is 0. The van der Waals surface area contributed by atoms with Gasteiger partial charge in [0, 0.05) is 26.2 Å². The minimum atomic E-state index is -1.50. The minimum Gasteiger partial charge on any atom is -0.328 e. The van der Waals surface area contributed by atoms with Crippen molar-refractivity contribution in [2.75, 3.05) is 0 Å². The van der Waals surface area contributed by atoms with Crippen LogP contribution in [0.2, 0.25) is 0 Å². The van der Waals surface area contributed by atoms with E-state index in [9.17, 15) is 0 Å². The van der Waals surface area contributed by atoms with Crippen LogP contribution >= 0.6 is 0 Å². The average molecular weight is 272 g/mol. The van der Waals surface area contributed by atoms with Crippen LogP contribution in [0.4, 0.5) is 0 Å². The van der Waals surface area contributed by atoms with Crippen molar-refractivity contribution in [2.24, 2.45) is 0 Å². The van der Waals surface area contributed by atoms with Crippen LogP contribution in [-0.2, 0) is 0 Å². The van der Waals surface area contributed by atoms with Gasteiger partial charge in [-0.3, -0.25) is 0 Å². The molecule has 0 saturated carbocycles. The van der Waals surface area contributed by atoms with Crippen LogP contribution in [0.25, 0.3) is 0 Å². The molecule has 5 heavy (non-hydrogen) atoms.